The Labute approximate surface area is 103 Å². The van der Waals surface area contributed by atoms with Gasteiger partial charge in [0.1, 0.15) is 0 Å². The van der Waals surface area contributed by atoms with Crippen molar-refractivity contribution in [2.45, 2.75) is 36.9 Å². The second kappa shape index (κ2) is 4.84. The molecule has 16 heavy (non-hydrogen) atoms. The van der Waals surface area contributed by atoms with Crippen LogP contribution in [0.25, 0.3) is 0 Å². The molecule has 0 fully saturated rings. The van der Waals surface area contributed by atoms with Gasteiger partial charge in [0.2, 0.25) is 0 Å². The minimum atomic E-state index is -2.05. The van der Waals surface area contributed by atoms with Gasteiger partial charge in [0.15, 0.2) is 0 Å². The summed E-state index contributed by atoms with van der Waals surface area (Å²) in [5, 5.41) is 0. The Balaban J connectivity index is 2.92. The summed E-state index contributed by atoms with van der Waals surface area (Å²) in [5.74, 6) is 8.50. The maximum absolute atomic E-state index is 6.06. The van der Waals surface area contributed by atoms with Gasteiger partial charge < -0.3 is 0 Å². The fourth-order valence-corrected chi connectivity index (χ4v) is 3.84. The van der Waals surface area contributed by atoms with Gasteiger partial charge in [-0.15, -0.1) is 0 Å². The topological polar surface area (TPSA) is 18.5 Å². The van der Waals surface area contributed by atoms with E-state index in [9.17, 15) is 0 Å². The normalized spacial score (nSPS) is 12.4. The van der Waals surface area contributed by atoms with Gasteiger partial charge in [-0.1, -0.05) is 0 Å². The van der Waals surface area contributed by atoms with Crippen LogP contribution in [0.2, 0.25) is 36.9 Å². The van der Waals surface area contributed by atoms with E-state index >= 15 is 0 Å². The van der Waals surface area contributed by atoms with Crippen molar-refractivity contribution in [1.82, 2.24) is 0 Å². The van der Waals surface area contributed by atoms with Gasteiger partial charge in [0.05, 0.1) is 0 Å². The minimum absolute atomic E-state index is 0.905. The summed E-state index contributed by atoms with van der Waals surface area (Å²) in [6, 6.07) is 8.01. The molecule has 0 saturated heterocycles. The van der Waals surface area contributed by atoms with Gasteiger partial charge in [-0.2, -0.15) is 0 Å². The summed E-state index contributed by atoms with van der Waals surface area (Å²) in [6.07, 6.45) is 0. The molecule has 4 heteroatoms. The second-order valence-corrected chi connectivity index (χ2v) is 19.6. The van der Waals surface area contributed by atoms with Crippen molar-refractivity contribution in [3.63, 3.8) is 0 Å². The summed E-state index contributed by atoms with van der Waals surface area (Å²) in [7, 11) is -1.56. The Morgan fingerprint density at radius 1 is 0.938 bits per heavy atom. The standard InChI is InChI=1S/C12H22GeO2Si/c1-13(2,3)14-11-9-7-8-10-12(11)15-16(4,5)6/h7-10H,1-6H3. The third-order valence-electron chi connectivity index (χ3n) is 1.68. The van der Waals surface area contributed by atoms with Crippen molar-refractivity contribution >= 4 is 21.9 Å². The number of para-hydroxylation sites is 2. The van der Waals surface area contributed by atoms with Gasteiger partial charge in [0.25, 0.3) is 0 Å². The number of benzene rings is 1. The van der Waals surface area contributed by atoms with Crippen LogP contribution in [0.3, 0.4) is 0 Å². The summed E-state index contributed by atoms with van der Waals surface area (Å²) < 4.78 is 12.1. The van der Waals surface area contributed by atoms with Crippen LogP contribution in [0, 0.1) is 0 Å². The third-order valence-corrected chi connectivity index (χ3v) is 4.26. The van der Waals surface area contributed by atoms with E-state index in [0.29, 0.717) is 0 Å². The van der Waals surface area contributed by atoms with Gasteiger partial charge in [-0.05, 0) is 0 Å². The van der Waals surface area contributed by atoms with Gasteiger partial charge in [0, 0.05) is 0 Å². The Hall–Kier alpha value is -0.420. The maximum atomic E-state index is 6.06. The summed E-state index contributed by atoms with van der Waals surface area (Å²) in [5.41, 5.74) is 0. The molecule has 0 heterocycles. The SMILES string of the molecule is C[Si](C)(C)Oc1ccccc1[O][Ge]([CH3])([CH3])[CH3]. The Morgan fingerprint density at radius 2 is 1.44 bits per heavy atom. The molecule has 0 bridgehead atoms. The zero-order valence-electron chi connectivity index (χ0n) is 11.1. The Morgan fingerprint density at radius 3 is 1.88 bits per heavy atom. The van der Waals surface area contributed by atoms with Crippen molar-refractivity contribution in [3.05, 3.63) is 24.3 Å². The molecule has 1 aromatic rings. The van der Waals surface area contributed by atoms with Crippen molar-refractivity contribution in [1.29, 1.82) is 0 Å². The molecule has 0 unspecified atom stereocenters. The van der Waals surface area contributed by atoms with E-state index in [4.69, 9.17) is 8.19 Å². The first-order chi connectivity index (χ1) is 7.17. The van der Waals surface area contributed by atoms with Crippen molar-refractivity contribution in [3.8, 4) is 11.5 Å². The monoisotopic (exact) mass is 300 g/mol. The first kappa shape index (κ1) is 13.6. The zero-order valence-corrected chi connectivity index (χ0v) is 14.2. The molecular weight excluding hydrogens is 277 g/mol. The van der Waals surface area contributed by atoms with Gasteiger partial charge in [-0.3, -0.25) is 0 Å². The molecule has 2 nitrogen and oxygen atoms in total. The van der Waals surface area contributed by atoms with Crippen molar-refractivity contribution in [2.24, 2.45) is 0 Å². The Kier molecular flexibility index (Phi) is 4.12. The molecule has 90 valence electrons. The first-order valence-corrected chi connectivity index (χ1v) is 16.2. The van der Waals surface area contributed by atoms with E-state index in [1.54, 1.807) is 0 Å². The van der Waals surface area contributed by atoms with Crippen LogP contribution >= 0.6 is 0 Å². The van der Waals surface area contributed by atoms with Crippen LogP contribution in [0.15, 0.2) is 24.3 Å². The molecule has 0 N–H and O–H groups in total. The van der Waals surface area contributed by atoms with E-state index in [2.05, 4.69) is 36.9 Å². The number of rotatable bonds is 4. The predicted molar refractivity (Wildman–Crippen MR) is 74.4 cm³/mol. The van der Waals surface area contributed by atoms with E-state index in [1.165, 1.54) is 0 Å². The predicted octanol–water partition coefficient (Wildman–Crippen LogP) is 4.11. The molecule has 1 rings (SSSR count). The van der Waals surface area contributed by atoms with Crippen molar-refractivity contribution in [2.75, 3.05) is 0 Å². The molecule has 0 aliphatic heterocycles. The van der Waals surface area contributed by atoms with Crippen LogP contribution in [-0.2, 0) is 0 Å². The van der Waals surface area contributed by atoms with E-state index < -0.39 is 21.9 Å². The fourth-order valence-electron chi connectivity index (χ4n) is 1.28. The molecule has 0 amide bonds. The summed E-state index contributed by atoms with van der Waals surface area (Å²) in [6.45, 7) is 6.55. The Bertz CT molecular complexity index is 318. The molecule has 1 aromatic carbocycles. The first-order valence-electron chi connectivity index (χ1n) is 5.64. The summed E-state index contributed by atoms with van der Waals surface area (Å²) in [4.78, 5) is 0. The van der Waals surface area contributed by atoms with E-state index in [-0.39, 0.29) is 0 Å². The molecular formula is C12H22GeO2Si. The van der Waals surface area contributed by atoms with Gasteiger partial charge in [-0.25, -0.2) is 0 Å². The molecule has 0 atom stereocenters. The number of hydrogen-bond acceptors (Lipinski definition) is 2. The van der Waals surface area contributed by atoms with E-state index in [0.717, 1.165) is 11.5 Å². The van der Waals surface area contributed by atoms with Crippen LogP contribution in [0.5, 0.6) is 11.5 Å². The van der Waals surface area contributed by atoms with Crippen LogP contribution in [0.4, 0.5) is 0 Å². The summed E-state index contributed by atoms with van der Waals surface area (Å²) >= 11 is -2.05. The van der Waals surface area contributed by atoms with Crippen LogP contribution < -0.4 is 8.19 Å². The molecule has 0 aliphatic rings. The molecule has 0 radical (unpaired) electrons. The average molecular weight is 299 g/mol. The molecule has 0 aromatic heterocycles. The zero-order chi connectivity index (χ0) is 12.4. The molecule has 0 aliphatic carbocycles. The van der Waals surface area contributed by atoms with E-state index in [1.807, 2.05) is 24.3 Å². The van der Waals surface area contributed by atoms with Crippen LogP contribution in [0.1, 0.15) is 0 Å². The fraction of sp³-hybridized carbons (Fsp3) is 0.500. The average Bonchev–Trinajstić information content (AvgIpc) is 2.03. The van der Waals surface area contributed by atoms with Crippen LogP contribution in [-0.4, -0.2) is 21.9 Å². The van der Waals surface area contributed by atoms with Gasteiger partial charge >= 0.3 is 103 Å². The molecule has 0 spiro atoms. The quantitative estimate of drug-likeness (QED) is 0.779. The molecule has 0 saturated carbocycles. The third kappa shape index (κ3) is 5.07. The van der Waals surface area contributed by atoms with Crippen molar-refractivity contribution < 1.29 is 8.19 Å². The number of hydrogen-bond donors (Lipinski definition) is 0. The second-order valence-electron chi connectivity index (χ2n) is 5.88.